The summed E-state index contributed by atoms with van der Waals surface area (Å²) in [6.07, 6.45) is 9.05. The van der Waals surface area contributed by atoms with E-state index in [2.05, 4.69) is 20.2 Å². The Labute approximate surface area is 129 Å². The van der Waals surface area contributed by atoms with Crippen LogP contribution in [0.5, 0.6) is 0 Å². The highest BCUT2D eigenvalue weighted by Gasteiger charge is 2.17. The molecule has 0 radical (unpaired) electrons. The summed E-state index contributed by atoms with van der Waals surface area (Å²) in [6.45, 7) is 1.93. The number of H-pyrrole nitrogens is 1. The molecule has 22 heavy (non-hydrogen) atoms. The summed E-state index contributed by atoms with van der Waals surface area (Å²) in [5, 5.41) is 7.70. The number of aromatic nitrogens is 5. The first-order valence-electron chi connectivity index (χ1n) is 6.68. The Hall–Kier alpha value is -2.41. The van der Waals surface area contributed by atoms with Crippen molar-refractivity contribution in [2.75, 3.05) is 6.26 Å². The van der Waals surface area contributed by atoms with Crippen molar-refractivity contribution < 1.29 is 4.39 Å². The van der Waals surface area contributed by atoms with Gasteiger partial charge < -0.3 is 4.40 Å². The fraction of sp³-hybridized carbons (Fsp3) is 0.133. The van der Waals surface area contributed by atoms with E-state index in [1.54, 1.807) is 12.4 Å². The van der Waals surface area contributed by atoms with Crippen molar-refractivity contribution in [1.29, 1.82) is 0 Å². The Bertz CT molecular complexity index is 1000. The predicted molar refractivity (Wildman–Crippen MR) is 84.6 cm³/mol. The van der Waals surface area contributed by atoms with E-state index in [1.165, 1.54) is 17.8 Å². The fourth-order valence-corrected chi connectivity index (χ4v) is 3.32. The standard InChI is InChI=1S/C15H12FN5S/c1-8-6-21-7-12(17-5-13(21)19-8)14-9-4-18-20-11(9)3-10(16)15(14)22-2/h3-7H,1-2H3,(H,18,20). The number of hydrogen-bond acceptors (Lipinski definition) is 4. The first kappa shape index (κ1) is 13.3. The number of aryl methyl sites for hydroxylation is 1. The van der Waals surface area contributed by atoms with E-state index in [-0.39, 0.29) is 5.82 Å². The van der Waals surface area contributed by atoms with Gasteiger partial charge in [0.25, 0.3) is 0 Å². The normalized spacial score (nSPS) is 11.6. The van der Waals surface area contributed by atoms with Crippen LogP contribution in [0.3, 0.4) is 0 Å². The van der Waals surface area contributed by atoms with Crippen LogP contribution in [0.4, 0.5) is 4.39 Å². The first-order chi connectivity index (χ1) is 10.7. The molecule has 7 heteroatoms. The molecule has 110 valence electrons. The molecule has 0 spiro atoms. The van der Waals surface area contributed by atoms with Crippen LogP contribution in [0.25, 0.3) is 27.8 Å². The van der Waals surface area contributed by atoms with Gasteiger partial charge in [0.15, 0.2) is 5.65 Å². The lowest BCUT2D eigenvalue weighted by atomic mass is 10.1. The van der Waals surface area contributed by atoms with Crippen molar-refractivity contribution in [3.63, 3.8) is 0 Å². The van der Waals surface area contributed by atoms with Crippen molar-refractivity contribution in [1.82, 2.24) is 24.6 Å². The molecule has 5 nitrogen and oxygen atoms in total. The van der Waals surface area contributed by atoms with Crippen LogP contribution < -0.4 is 0 Å². The minimum absolute atomic E-state index is 0.275. The number of nitrogens with one attached hydrogen (secondary N) is 1. The van der Waals surface area contributed by atoms with Gasteiger partial charge in [-0.05, 0) is 13.2 Å². The van der Waals surface area contributed by atoms with Gasteiger partial charge >= 0.3 is 0 Å². The van der Waals surface area contributed by atoms with Gasteiger partial charge in [-0.2, -0.15) is 5.10 Å². The molecule has 0 aliphatic rings. The minimum atomic E-state index is -0.275. The van der Waals surface area contributed by atoms with E-state index in [9.17, 15) is 4.39 Å². The number of aromatic amines is 1. The van der Waals surface area contributed by atoms with E-state index >= 15 is 0 Å². The van der Waals surface area contributed by atoms with Gasteiger partial charge in [0, 0.05) is 29.4 Å². The van der Waals surface area contributed by atoms with E-state index in [0.717, 1.165) is 22.3 Å². The first-order valence-corrected chi connectivity index (χ1v) is 7.91. The molecule has 3 aromatic heterocycles. The van der Waals surface area contributed by atoms with Crippen LogP contribution >= 0.6 is 11.8 Å². The minimum Gasteiger partial charge on any atom is -0.303 e. The molecule has 0 bridgehead atoms. The van der Waals surface area contributed by atoms with Gasteiger partial charge in [0.2, 0.25) is 0 Å². The molecule has 0 aliphatic carbocycles. The summed E-state index contributed by atoms with van der Waals surface area (Å²) in [5.41, 5.74) is 3.79. The molecule has 3 heterocycles. The summed E-state index contributed by atoms with van der Waals surface area (Å²) >= 11 is 1.36. The zero-order chi connectivity index (χ0) is 15.3. The average Bonchev–Trinajstić information content (AvgIpc) is 3.09. The second-order valence-corrected chi connectivity index (χ2v) is 5.83. The van der Waals surface area contributed by atoms with Crippen LogP contribution in [0, 0.1) is 12.7 Å². The van der Waals surface area contributed by atoms with Gasteiger partial charge in [-0.1, -0.05) is 0 Å². The molecule has 0 unspecified atom stereocenters. The van der Waals surface area contributed by atoms with Gasteiger partial charge in [0.1, 0.15) is 5.82 Å². The average molecular weight is 313 g/mol. The van der Waals surface area contributed by atoms with Crippen LogP contribution in [-0.4, -0.2) is 30.8 Å². The molecule has 0 fully saturated rings. The Morgan fingerprint density at radius 3 is 2.95 bits per heavy atom. The van der Waals surface area contributed by atoms with Crippen LogP contribution in [-0.2, 0) is 0 Å². The number of hydrogen-bond donors (Lipinski definition) is 1. The molecule has 0 saturated heterocycles. The zero-order valence-corrected chi connectivity index (χ0v) is 12.8. The van der Waals surface area contributed by atoms with E-state index in [0.29, 0.717) is 16.1 Å². The summed E-state index contributed by atoms with van der Waals surface area (Å²) in [5.74, 6) is -0.275. The number of rotatable bonds is 2. The van der Waals surface area contributed by atoms with Crippen molar-refractivity contribution in [2.45, 2.75) is 11.8 Å². The molecule has 1 aromatic carbocycles. The third kappa shape index (κ3) is 1.89. The number of thioether (sulfide) groups is 1. The second-order valence-electron chi connectivity index (χ2n) is 5.02. The highest BCUT2D eigenvalue weighted by molar-refractivity contribution is 7.98. The molecular formula is C15H12FN5S. The Kier molecular flexibility index (Phi) is 2.90. The maximum absolute atomic E-state index is 14.3. The number of imidazole rings is 1. The monoisotopic (exact) mass is 313 g/mol. The Morgan fingerprint density at radius 1 is 1.27 bits per heavy atom. The van der Waals surface area contributed by atoms with E-state index < -0.39 is 0 Å². The maximum atomic E-state index is 14.3. The SMILES string of the molecule is CSc1c(F)cc2[nH]ncc2c1-c1cn2cc(C)nc2cn1. The maximum Gasteiger partial charge on any atom is 0.155 e. The van der Waals surface area contributed by atoms with Crippen molar-refractivity contribution in [2.24, 2.45) is 0 Å². The predicted octanol–water partition coefficient (Wildman–Crippen LogP) is 3.44. The largest absolute Gasteiger partial charge is 0.303 e. The number of benzene rings is 1. The Morgan fingerprint density at radius 2 is 2.14 bits per heavy atom. The molecule has 4 aromatic rings. The quantitative estimate of drug-likeness (QED) is 0.576. The highest BCUT2D eigenvalue weighted by Crippen LogP contribution is 2.37. The number of nitrogens with zero attached hydrogens (tertiary/aromatic N) is 4. The topological polar surface area (TPSA) is 58.9 Å². The molecule has 0 amide bonds. The van der Waals surface area contributed by atoms with Crippen LogP contribution in [0.15, 0.2) is 35.7 Å². The molecule has 0 saturated carbocycles. The molecule has 1 N–H and O–H groups in total. The molecular weight excluding hydrogens is 301 g/mol. The summed E-state index contributed by atoms with van der Waals surface area (Å²) < 4.78 is 16.2. The molecule has 0 aliphatic heterocycles. The summed E-state index contributed by atoms with van der Waals surface area (Å²) in [7, 11) is 0. The van der Waals surface area contributed by atoms with Crippen LogP contribution in [0.2, 0.25) is 0 Å². The van der Waals surface area contributed by atoms with Gasteiger partial charge in [-0.3, -0.25) is 10.1 Å². The second kappa shape index (κ2) is 4.81. The van der Waals surface area contributed by atoms with Crippen molar-refractivity contribution in [3.8, 4) is 11.3 Å². The zero-order valence-electron chi connectivity index (χ0n) is 12.0. The highest BCUT2D eigenvalue weighted by atomic mass is 32.2. The third-order valence-electron chi connectivity index (χ3n) is 3.58. The van der Waals surface area contributed by atoms with Crippen molar-refractivity contribution in [3.05, 3.63) is 42.4 Å². The van der Waals surface area contributed by atoms with E-state index in [4.69, 9.17) is 0 Å². The lowest BCUT2D eigenvalue weighted by Gasteiger charge is -2.10. The molecule has 4 rings (SSSR count). The fourth-order valence-electron chi connectivity index (χ4n) is 2.65. The lowest BCUT2D eigenvalue weighted by Crippen LogP contribution is -1.94. The number of fused-ring (bicyclic) bond motifs is 2. The molecule has 0 atom stereocenters. The van der Waals surface area contributed by atoms with Gasteiger partial charge in [-0.25, -0.2) is 9.37 Å². The van der Waals surface area contributed by atoms with Gasteiger partial charge in [-0.15, -0.1) is 11.8 Å². The smallest absolute Gasteiger partial charge is 0.155 e. The number of halogens is 1. The summed E-state index contributed by atoms with van der Waals surface area (Å²) in [4.78, 5) is 9.40. The van der Waals surface area contributed by atoms with Crippen molar-refractivity contribution >= 4 is 28.3 Å². The Balaban J connectivity index is 2.07. The van der Waals surface area contributed by atoms with Gasteiger partial charge in [0.05, 0.1) is 34.2 Å². The third-order valence-corrected chi connectivity index (χ3v) is 4.38. The van der Waals surface area contributed by atoms with Crippen LogP contribution in [0.1, 0.15) is 5.69 Å². The van der Waals surface area contributed by atoms with E-state index in [1.807, 2.05) is 30.0 Å². The summed E-state index contributed by atoms with van der Waals surface area (Å²) in [6, 6.07) is 1.47. The lowest BCUT2D eigenvalue weighted by molar-refractivity contribution is 0.605.